The molecule has 36 heavy (non-hydrogen) atoms. The molecule has 192 valence electrons. The first-order chi connectivity index (χ1) is 17.4. The Hall–Kier alpha value is -3.43. The highest BCUT2D eigenvalue weighted by atomic mass is 16.7. The molecule has 2 aromatic carbocycles. The first-order valence-corrected chi connectivity index (χ1v) is 11.9. The topological polar surface area (TPSA) is 95.9 Å². The number of amides is 1. The number of carbonyl (C=O) groups is 1. The smallest absolute Gasteiger partial charge is 0.410 e. The van der Waals surface area contributed by atoms with Crippen molar-refractivity contribution in [1.82, 2.24) is 4.90 Å². The average Bonchev–Trinajstić information content (AvgIpc) is 3.43. The van der Waals surface area contributed by atoms with Crippen LogP contribution in [0.4, 0.5) is 4.79 Å². The summed E-state index contributed by atoms with van der Waals surface area (Å²) in [5, 5.41) is 12.3. The fraction of sp³-hybridized carbons (Fsp3) is 0.444. The number of benzene rings is 2. The van der Waals surface area contributed by atoms with Crippen molar-refractivity contribution in [2.24, 2.45) is 0 Å². The lowest BCUT2D eigenvalue weighted by Crippen LogP contribution is -2.64. The number of hydrogen-bond acceptors (Lipinski definition) is 8. The molecule has 2 aliphatic heterocycles. The summed E-state index contributed by atoms with van der Waals surface area (Å²) in [4.78, 5) is 15.2. The lowest BCUT2D eigenvalue weighted by atomic mass is 9.67. The summed E-state index contributed by atoms with van der Waals surface area (Å²) >= 11 is 0. The van der Waals surface area contributed by atoms with Crippen LogP contribution in [0.15, 0.2) is 36.9 Å². The number of carbonyl (C=O) groups excluding carboxylic acids is 1. The average molecular weight is 498 g/mol. The number of hydrogen-bond donors (Lipinski definition) is 1. The van der Waals surface area contributed by atoms with Crippen LogP contribution in [-0.2, 0) is 27.0 Å². The van der Waals surface area contributed by atoms with Crippen LogP contribution >= 0.6 is 0 Å². The molecule has 1 amide bonds. The zero-order valence-electron chi connectivity index (χ0n) is 21.0. The second-order valence-electron chi connectivity index (χ2n) is 8.92. The largest absolute Gasteiger partial charge is 0.493 e. The molecule has 1 spiro atoms. The molecule has 0 unspecified atom stereocenters. The molecule has 3 aliphatic rings. The Balaban J connectivity index is 1.91. The van der Waals surface area contributed by atoms with Gasteiger partial charge in [0.2, 0.25) is 6.79 Å². The summed E-state index contributed by atoms with van der Waals surface area (Å²) in [7, 11) is 4.66. The van der Waals surface area contributed by atoms with Crippen LogP contribution in [0.3, 0.4) is 0 Å². The summed E-state index contributed by atoms with van der Waals surface area (Å²) in [6, 6.07) is 7.30. The van der Waals surface area contributed by atoms with Gasteiger partial charge in [0, 0.05) is 25.6 Å². The molecule has 1 aliphatic carbocycles. The van der Waals surface area contributed by atoms with E-state index in [2.05, 4.69) is 6.58 Å². The number of methoxy groups -OCH3 is 3. The van der Waals surface area contributed by atoms with Gasteiger partial charge in [-0.3, -0.25) is 4.90 Å². The summed E-state index contributed by atoms with van der Waals surface area (Å²) < 4.78 is 34.7. The lowest BCUT2D eigenvalue weighted by molar-refractivity contribution is -0.174. The molecule has 9 heteroatoms. The standard InChI is InChI=1S/C27H31NO8/c1-6-11-26(33-5)22-17(8-9-19(31-3)23(22)32-4)24(29)27(26)18-14-21-20(35-15-36-21)13-16(18)10-12-28(27)25(30)34-7-2/h6,8-9,13-14,24,29H,1,7,10-12,15H2,2-5H3/t24-,26-,27+/m1/s1. The van der Waals surface area contributed by atoms with E-state index in [4.69, 9.17) is 28.4 Å². The Morgan fingerprint density at radius 1 is 1.22 bits per heavy atom. The Kier molecular flexibility index (Phi) is 6.00. The van der Waals surface area contributed by atoms with E-state index in [1.54, 1.807) is 51.4 Å². The molecule has 2 aromatic rings. The third kappa shape index (κ3) is 2.93. The fourth-order valence-electron chi connectivity index (χ4n) is 6.29. The van der Waals surface area contributed by atoms with Crippen LogP contribution in [0, 0.1) is 0 Å². The number of aliphatic hydroxyl groups excluding tert-OH is 1. The van der Waals surface area contributed by atoms with Crippen LogP contribution in [0.25, 0.3) is 0 Å². The van der Waals surface area contributed by atoms with Crippen LogP contribution in [-0.4, -0.2) is 57.4 Å². The van der Waals surface area contributed by atoms with Gasteiger partial charge >= 0.3 is 6.09 Å². The van der Waals surface area contributed by atoms with Crippen molar-refractivity contribution in [3.8, 4) is 23.0 Å². The second-order valence-corrected chi connectivity index (χ2v) is 8.92. The van der Waals surface area contributed by atoms with Crippen LogP contribution < -0.4 is 18.9 Å². The molecule has 0 radical (unpaired) electrons. The fourth-order valence-corrected chi connectivity index (χ4v) is 6.29. The second kappa shape index (κ2) is 8.90. The van der Waals surface area contributed by atoms with Gasteiger partial charge in [-0.2, -0.15) is 0 Å². The molecule has 0 aromatic heterocycles. The maximum Gasteiger partial charge on any atom is 0.410 e. The Morgan fingerprint density at radius 3 is 2.61 bits per heavy atom. The first-order valence-electron chi connectivity index (χ1n) is 11.9. The van der Waals surface area contributed by atoms with Gasteiger partial charge in [0.05, 0.1) is 20.8 Å². The summed E-state index contributed by atoms with van der Waals surface area (Å²) in [6.45, 7) is 6.32. The summed E-state index contributed by atoms with van der Waals surface area (Å²) in [6.07, 6.45) is 0.751. The molecule has 1 N–H and O–H groups in total. The number of nitrogens with zero attached hydrogens (tertiary/aromatic N) is 1. The molecule has 0 bridgehead atoms. The Labute approximate surface area is 210 Å². The van der Waals surface area contributed by atoms with Gasteiger partial charge in [-0.1, -0.05) is 12.1 Å². The highest BCUT2D eigenvalue weighted by molar-refractivity contribution is 5.74. The predicted octanol–water partition coefficient (Wildman–Crippen LogP) is 3.81. The van der Waals surface area contributed by atoms with Crippen molar-refractivity contribution in [3.63, 3.8) is 0 Å². The molecule has 3 atom stereocenters. The maximum atomic E-state index is 13.6. The van der Waals surface area contributed by atoms with Gasteiger partial charge in [-0.15, -0.1) is 6.58 Å². The van der Waals surface area contributed by atoms with E-state index in [0.29, 0.717) is 46.1 Å². The van der Waals surface area contributed by atoms with Crippen molar-refractivity contribution in [1.29, 1.82) is 0 Å². The van der Waals surface area contributed by atoms with Crippen molar-refractivity contribution in [3.05, 3.63) is 59.2 Å². The SMILES string of the molecule is C=CC[C@@]1(OC)c2c(ccc(OC)c2OC)[C@@H](O)[C@@]12c1cc3c(cc1CCN2C(=O)OCC)OCO3. The molecule has 0 saturated heterocycles. The monoisotopic (exact) mass is 497 g/mol. The van der Waals surface area contributed by atoms with E-state index >= 15 is 0 Å². The number of aliphatic hydroxyl groups is 1. The van der Waals surface area contributed by atoms with Crippen LogP contribution in [0.2, 0.25) is 0 Å². The molecular weight excluding hydrogens is 466 g/mol. The molecule has 0 saturated carbocycles. The van der Waals surface area contributed by atoms with E-state index in [-0.39, 0.29) is 26.4 Å². The van der Waals surface area contributed by atoms with E-state index < -0.39 is 23.3 Å². The molecule has 9 nitrogen and oxygen atoms in total. The van der Waals surface area contributed by atoms with Crippen molar-refractivity contribution < 1.29 is 38.3 Å². The van der Waals surface area contributed by atoms with Gasteiger partial charge in [-0.25, -0.2) is 4.79 Å². The third-order valence-electron chi connectivity index (χ3n) is 7.60. The Morgan fingerprint density at radius 2 is 1.97 bits per heavy atom. The van der Waals surface area contributed by atoms with Crippen molar-refractivity contribution in [2.45, 2.75) is 37.0 Å². The first kappa shape index (κ1) is 24.3. The highest BCUT2D eigenvalue weighted by Crippen LogP contribution is 2.67. The minimum atomic E-state index is -1.43. The van der Waals surface area contributed by atoms with Gasteiger partial charge in [0.25, 0.3) is 0 Å². The van der Waals surface area contributed by atoms with E-state index in [1.807, 2.05) is 12.1 Å². The van der Waals surface area contributed by atoms with Crippen molar-refractivity contribution in [2.75, 3.05) is 41.3 Å². The zero-order chi connectivity index (χ0) is 25.7. The molecule has 5 rings (SSSR count). The van der Waals surface area contributed by atoms with E-state index in [1.165, 1.54) is 0 Å². The number of fused-ring (bicyclic) bond motifs is 4. The minimum Gasteiger partial charge on any atom is -0.493 e. The summed E-state index contributed by atoms with van der Waals surface area (Å²) in [5.41, 5.74) is 0.0374. The molecular formula is C27H31NO8. The predicted molar refractivity (Wildman–Crippen MR) is 130 cm³/mol. The van der Waals surface area contributed by atoms with Crippen molar-refractivity contribution >= 4 is 6.09 Å². The van der Waals surface area contributed by atoms with Crippen LogP contribution in [0.1, 0.15) is 41.7 Å². The molecule has 0 fully saturated rings. The molecule has 2 heterocycles. The lowest BCUT2D eigenvalue weighted by Gasteiger charge is -2.55. The summed E-state index contributed by atoms with van der Waals surface area (Å²) in [5.74, 6) is 2.07. The van der Waals surface area contributed by atoms with E-state index in [0.717, 1.165) is 5.56 Å². The third-order valence-corrected chi connectivity index (χ3v) is 7.60. The normalized spacial score (nSPS) is 25.4. The van der Waals surface area contributed by atoms with Gasteiger partial charge in [0.1, 0.15) is 17.2 Å². The van der Waals surface area contributed by atoms with Gasteiger partial charge in [-0.05, 0) is 48.2 Å². The van der Waals surface area contributed by atoms with Crippen LogP contribution in [0.5, 0.6) is 23.0 Å². The van der Waals surface area contributed by atoms with Gasteiger partial charge in [0.15, 0.2) is 23.0 Å². The van der Waals surface area contributed by atoms with E-state index in [9.17, 15) is 9.90 Å². The number of ether oxygens (including phenoxy) is 6. The quantitative estimate of drug-likeness (QED) is 0.602. The van der Waals surface area contributed by atoms with Gasteiger partial charge < -0.3 is 33.5 Å². The zero-order valence-corrected chi connectivity index (χ0v) is 21.0. The maximum absolute atomic E-state index is 13.6. The number of rotatable bonds is 6. The Bertz CT molecular complexity index is 1210. The highest BCUT2D eigenvalue weighted by Gasteiger charge is 2.71. The minimum absolute atomic E-state index is 0.0999.